The fourth-order valence-electron chi connectivity index (χ4n) is 1.12. The minimum absolute atomic E-state index is 0.317. The molecule has 15 heavy (non-hydrogen) atoms. The van der Waals surface area contributed by atoms with Crippen molar-refractivity contribution in [3.05, 3.63) is 66.3 Å². The highest BCUT2D eigenvalue weighted by Crippen LogP contribution is 2.18. The second-order valence-corrected chi connectivity index (χ2v) is 3.03. The van der Waals surface area contributed by atoms with Crippen LogP contribution < -0.4 is 0 Å². The summed E-state index contributed by atoms with van der Waals surface area (Å²) < 4.78 is 25.9. The first-order chi connectivity index (χ1) is 7.15. The van der Waals surface area contributed by atoms with Crippen molar-refractivity contribution in [3.63, 3.8) is 0 Å². The minimum atomic E-state index is -0.592. The van der Waals surface area contributed by atoms with E-state index < -0.39 is 11.6 Å². The third kappa shape index (κ3) is 3.17. The van der Waals surface area contributed by atoms with Gasteiger partial charge in [-0.05, 0) is 24.6 Å². The van der Waals surface area contributed by atoms with E-state index in [2.05, 4.69) is 6.58 Å². The van der Waals surface area contributed by atoms with E-state index in [9.17, 15) is 8.78 Å². The predicted octanol–water partition coefficient (Wildman–Crippen LogP) is 4.11. The average Bonchev–Trinajstić information content (AvgIpc) is 2.17. The maximum Gasteiger partial charge on any atom is 0.133 e. The Bertz CT molecular complexity index is 415. The van der Waals surface area contributed by atoms with Crippen molar-refractivity contribution in [3.8, 4) is 0 Å². The number of hydrogen-bond donors (Lipinski definition) is 0. The van der Waals surface area contributed by atoms with Gasteiger partial charge < -0.3 is 0 Å². The van der Waals surface area contributed by atoms with E-state index in [4.69, 9.17) is 0 Å². The SMILES string of the molecule is C=C(/C=C\C=C/C)c1ccc(F)cc1F. The number of rotatable bonds is 3. The highest BCUT2D eigenvalue weighted by Gasteiger charge is 2.04. The maximum absolute atomic E-state index is 13.3. The maximum atomic E-state index is 13.3. The number of benzene rings is 1. The molecule has 0 aliphatic heterocycles. The molecule has 0 amide bonds. The first-order valence-electron chi connectivity index (χ1n) is 4.59. The van der Waals surface area contributed by atoms with Gasteiger partial charge in [0.05, 0.1) is 0 Å². The van der Waals surface area contributed by atoms with Crippen LogP contribution in [-0.4, -0.2) is 0 Å². The van der Waals surface area contributed by atoms with Crippen LogP contribution in [0.25, 0.3) is 5.57 Å². The van der Waals surface area contributed by atoms with E-state index >= 15 is 0 Å². The molecule has 0 radical (unpaired) electrons. The molecule has 0 aromatic heterocycles. The molecule has 0 fully saturated rings. The molecule has 1 rings (SSSR count). The molecule has 0 saturated heterocycles. The fraction of sp³-hybridized carbons (Fsp3) is 0.0769. The summed E-state index contributed by atoms with van der Waals surface area (Å²) >= 11 is 0. The van der Waals surface area contributed by atoms with Gasteiger partial charge in [-0.15, -0.1) is 0 Å². The van der Waals surface area contributed by atoms with Gasteiger partial charge >= 0.3 is 0 Å². The van der Waals surface area contributed by atoms with Crippen LogP contribution in [0.15, 0.2) is 49.1 Å². The molecule has 1 aromatic carbocycles. The van der Waals surface area contributed by atoms with Gasteiger partial charge in [0.25, 0.3) is 0 Å². The highest BCUT2D eigenvalue weighted by atomic mass is 19.1. The summed E-state index contributed by atoms with van der Waals surface area (Å²) in [4.78, 5) is 0. The number of allylic oxidation sites excluding steroid dienone is 5. The molecule has 0 nitrogen and oxygen atoms in total. The van der Waals surface area contributed by atoms with Crippen LogP contribution in [-0.2, 0) is 0 Å². The third-order valence-electron chi connectivity index (χ3n) is 1.88. The summed E-state index contributed by atoms with van der Waals surface area (Å²) in [5.74, 6) is -1.17. The minimum Gasteiger partial charge on any atom is -0.207 e. The summed E-state index contributed by atoms with van der Waals surface area (Å²) in [6.07, 6.45) is 7.10. The molecule has 0 aliphatic carbocycles. The van der Waals surface area contributed by atoms with Crippen molar-refractivity contribution in [1.82, 2.24) is 0 Å². The van der Waals surface area contributed by atoms with Crippen molar-refractivity contribution in [2.45, 2.75) is 6.92 Å². The van der Waals surface area contributed by atoms with Crippen molar-refractivity contribution in [1.29, 1.82) is 0 Å². The molecule has 1 aromatic rings. The average molecular weight is 206 g/mol. The Morgan fingerprint density at radius 3 is 2.60 bits per heavy atom. The molecular weight excluding hydrogens is 194 g/mol. The summed E-state index contributed by atoms with van der Waals surface area (Å²) in [5.41, 5.74) is 0.836. The van der Waals surface area contributed by atoms with Gasteiger partial charge in [-0.3, -0.25) is 0 Å². The molecule has 0 bridgehead atoms. The molecule has 0 N–H and O–H groups in total. The van der Waals surface area contributed by atoms with Gasteiger partial charge in [-0.2, -0.15) is 0 Å². The topological polar surface area (TPSA) is 0 Å². The first-order valence-corrected chi connectivity index (χ1v) is 4.59. The molecule has 2 heteroatoms. The van der Waals surface area contributed by atoms with E-state index in [0.29, 0.717) is 11.1 Å². The number of hydrogen-bond acceptors (Lipinski definition) is 0. The Morgan fingerprint density at radius 2 is 2.00 bits per heavy atom. The van der Waals surface area contributed by atoms with Crippen molar-refractivity contribution in [2.24, 2.45) is 0 Å². The van der Waals surface area contributed by atoms with Gasteiger partial charge in [0.1, 0.15) is 11.6 Å². The lowest BCUT2D eigenvalue weighted by atomic mass is 10.1. The fourth-order valence-corrected chi connectivity index (χ4v) is 1.12. The van der Waals surface area contributed by atoms with Gasteiger partial charge in [0.15, 0.2) is 0 Å². The molecule has 0 unspecified atom stereocenters. The molecule has 0 spiro atoms. The molecule has 0 heterocycles. The van der Waals surface area contributed by atoms with Crippen LogP contribution in [0.1, 0.15) is 12.5 Å². The van der Waals surface area contributed by atoms with Crippen LogP contribution in [0.5, 0.6) is 0 Å². The molecule has 0 atom stereocenters. The van der Waals surface area contributed by atoms with E-state index in [1.54, 1.807) is 12.2 Å². The van der Waals surface area contributed by atoms with Crippen molar-refractivity contribution >= 4 is 5.57 Å². The number of halogens is 2. The van der Waals surface area contributed by atoms with Crippen molar-refractivity contribution < 1.29 is 8.78 Å². The zero-order chi connectivity index (χ0) is 11.3. The van der Waals surface area contributed by atoms with Gasteiger partial charge in [0.2, 0.25) is 0 Å². The van der Waals surface area contributed by atoms with Gasteiger partial charge in [-0.25, -0.2) is 8.78 Å². The summed E-state index contributed by atoms with van der Waals surface area (Å²) in [6, 6.07) is 3.45. The molecule has 0 aliphatic rings. The van der Waals surface area contributed by atoms with Crippen LogP contribution in [0, 0.1) is 11.6 Å². The first kappa shape index (κ1) is 11.4. The molecule has 78 valence electrons. The van der Waals surface area contributed by atoms with Crippen molar-refractivity contribution in [2.75, 3.05) is 0 Å². The normalized spacial score (nSPS) is 11.4. The van der Waals surface area contributed by atoms with E-state index in [1.807, 2.05) is 19.1 Å². The summed E-state index contributed by atoms with van der Waals surface area (Å²) in [7, 11) is 0. The zero-order valence-electron chi connectivity index (χ0n) is 8.50. The second kappa shape index (κ2) is 5.25. The van der Waals surface area contributed by atoms with Crippen LogP contribution in [0.4, 0.5) is 8.78 Å². The van der Waals surface area contributed by atoms with Crippen LogP contribution in [0.2, 0.25) is 0 Å². The molecular formula is C13H12F2. The smallest absolute Gasteiger partial charge is 0.133 e. The zero-order valence-corrected chi connectivity index (χ0v) is 8.50. The largest absolute Gasteiger partial charge is 0.207 e. The van der Waals surface area contributed by atoms with E-state index in [0.717, 1.165) is 6.07 Å². The van der Waals surface area contributed by atoms with Crippen LogP contribution in [0.3, 0.4) is 0 Å². The van der Waals surface area contributed by atoms with E-state index in [1.165, 1.54) is 12.1 Å². The monoisotopic (exact) mass is 206 g/mol. The lowest BCUT2D eigenvalue weighted by molar-refractivity contribution is 0.581. The summed E-state index contributed by atoms with van der Waals surface area (Å²) in [6.45, 7) is 5.58. The quantitative estimate of drug-likeness (QED) is 0.653. The Morgan fingerprint density at radius 1 is 1.27 bits per heavy atom. The van der Waals surface area contributed by atoms with Gasteiger partial charge in [-0.1, -0.05) is 30.9 Å². The van der Waals surface area contributed by atoms with Crippen LogP contribution >= 0.6 is 0 Å². The lowest BCUT2D eigenvalue weighted by Crippen LogP contribution is -1.87. The van der Waals surface area contributed by atoms with Gasteiger partial charge in [0, 0.05) is 11.6 Å². The lowest BCUT2D eigenvalue weighted by Gasteiger charge is -2.01. The second-order valence-electron chi connectivity index (χ2n) is 3.03. The Labute approximate surface area is 88.2 Å². The standard InChI is InChI=1S/C13H12F2/c1-3-4-5-6-10(2)12-8-7-11(14)9-13(12)15/h3-9H,2H2,1H3/b4-3-,6-5-. The summed E-state index contributed by atoms with van der Waals surface area (Å²) in [5, 5.41) is 0. The predicted molar refractivity (Wildman–Crippen MR) is 59.3 cm³/mol. The van der Waals surface area contributed by atoms with E-state index in [-0.39, 0.29) is 0 Å². The Kier molecular flexibility index (Phi) is 3.98. The Balaban J connectivity index is 2.92. The third-order valence-corrected chi connectivity index (χ3v) is 1.88. The molecule has 0 saturated carbocycles. The Hall–Kier alpha value is -1.70. The highest BCUT2D eigenvalue weighted by molar-refractivity contribution is 5.72.